The van der Waals surface area contributed by atoms with E-state index in [9.17, 15) is 14.4 Å². The topological polar surface area (TPSA) is 78.9 Å². The number of allylic oxidation sites excluding steroid dienone is 16. The number of carbonyl (C=O) groups excluding carboxylic acids is 3. The Kier molecular flexibility index (Phi) is 48.0. The summed E-state index contributed by atoms with van der Waals surface area (Å²) < 4.78 is 16.7. The van der Waals surface area contributed by atoms with Crippen LogP contribution in [0, 0.1) is 0 Å². The highest BCUT2D eigenvalue weighted by atomic mass is 16.6. The zero-order chi connectivity index (χ0) is 45.8. The number of carbonyl (C=O) groups is 3. The Morgan fingerprint density at radius 2 is 0.619 bits per heavy atom. The second-order valence-corrected chi connectivity index (χ2v) is 16.7. The maximum Gasteiger partial charge on any atom is 0.306 e. The third-order valence-corrected chi connectivity index (χ3v) is 10.6. The normalized spacial score (nSPS) is 12.9. The van der Waals surface area contributed by atoms with Crippen molar-refractivity contribution in [2.75, 3.05) is 13.2 Å². The van der Waals surface area contributed by atoms with Crippen LogP contribution < -0.4 is 0 Å². The van der Waals surface area contributed by atoms with Crippen molar-refractivity contribution in [1.29, 1.82) is 0 Å². The minimum absolute atomic E-state index is 0.107. The van der Waals surface area contributed by atoms with Gasteiger partial charge in [0, 0.05) is 19.3 Å². The van der Waals surface area contributed by atoms with Crippen molar-refractivity contribution in [2.45, 2.75) is 232 Å². The van der Waals surface area contributed by atoms with Gasteiger partial charge in [0.2, 0.25) is 0 Å². The Balaban J connectivity index is 4.48. The summed E-state index contributed by atoms with van der Waals surface area (Å²) in [6, 6.07) is 0. The fourth-order valence-electron chi connectivity index (χ4n) is 6.71. The third kappa shape index (κ3) is 49.2. The number of rotatable bonds is 45. The van der Waals surface area contributed by atoms with Crippen LogP contribution in [-0.2, 0) is 28.6 Å². The molecule has 0 unspecified atom stereocenters. The first-order valence-electron chi connectivity index (χ1n) is 25.7. The van der Waals surface area contributed by atoms with Gasteiger partial charge in [0.05, 0.1) is 0 Å². The summed E-state index contributed by atoms with van der Waals surface area (Å²) in [6.07, 6.45) is 66.8. The summed E-state index contributed by atoms with van der Waals surface area (Å²) in [6.45, 7) is 6.41. The number of unbranched alkanes of at least 4 members (excludes halogenated alkanes) is 18. The fraction of sp³-hybridized carbons (Fsp3) is 0.667. The van der Waals surface area contributed by atoms with Crippen molar-refractivity contribution in [3.8, 4) is 0 Å². The molecule has 0 fully saturated rings. The highest BCUT2D eigenvalue weighted by Gasteiger charge is 2.19. The van der Waals surface area contributed by atoms with Gasteiger partial charge in [0.1, 0.15) is 13.2 Å². The van der Waals surface area contributed by atoms with Crippen molar-refractivity contribution >= 4 is 17.9 Å². The molecule has 0 aliphatic carbocycles. The molecule has 0 radical (unpaired) electrons. The van der Waals surface area contributed by atoms with Crippen LogP contribution in [0.25, 0.3) is 0 Å². The molecule has 0 saturated heterocycles. The molecule has 1 atom stereocenters. The molecule has 63 heavy (non-hydrogen) atoms. The number of hydrogen-bond donors (Lipinski definition) is 0. The van der Waals surface area contributed by atoms with Crippen LogP contribution in [0.5, 0.6) is 0 Å². The Bertz CT molecular complexity index is 1280. The molecule has 0 amide bonds. The molecule has 0 N–H and O–H groups in total. The van der Waals surface area contributed by atoms with E-state index in [1.165, 1.54) is 77.0 Å². The van der Waals surface area contributed by atoms with Gasteiger partial charge < -0.3 is 14.2 Å². The minimum Gasteiger partial charge on any atom is -0.462 e. The van der Waals surface area contributed by atoms with Crippen LogP contribution >= 0.6 is 0 Å². The highest BCUT2D eigenvalue weighted by molar-refractivity contribution is 5.71. The summed E-state index contributed by atoms with van der Waals surface area (Å²) >= 11 is 0. The van der Waals surface area contributed by atoms with Crippen LogP contribution in [-0.4, -0.2) is 37.2 Å². The van der Waals surface area contributed by atoms with Crippen LogP contribution in [0.2, 0.25) is 0 Å². The van der Waals surface area contributed by atoms with Crippen LogP contribution in [0.15, 0.2) is 97.2 Å². The molecule has 0 saturated carbocycles. The first-order chi connectivity index (χ1) is 31.0. The van der Waals surface area contributed by atoms with Crippen LogP contribution in [0.1, 0.15) is 226 Å². The van der Waals surface area contributed by atoms with Gasteiger partial charge in [0.25, 0.3) is 0 Å². The van der Waals surface area contributed by atoms with Crippen molar-refractivity contribution in [3.63, 3.8) is 0 Å². The molecule has 0 rings (SSSR count). The minimum atomic E-state index is -0.806. The molecule has 0 bridgehead atoms. The molecule has 0 aliphatic rings. The predicted octanol–water partition coefficient (Wildman–Crippen LogP) is 17.0. The zero-order valence-electron chi connectivity index (χ0n) is 40.8. The fourth-order valence-corrected chi connectivity index (χ4v) is 6.71. The summed E-state index contributed by atoms with van der Waals surface area (Å²) in [5.74, 6) is -0.980. The molecule has 0 spiro atoms. The van der Waals surface area contributed by atoms with E-state index in [1.54, 1.807) is 0 Å². The average molecular weight is 875 g/mol. The van der Waals surface area contributed by atoms with E-state index in [1.807, 2.05) is 0 Å². The molecule has 0 heterocycles. The van der Waals surface area contributed by atoms with Gasteiger partial charge in [-0.1, -0.05) is 201 Å². The third-order valence-electron chi connectivity index (χ3n) is 10.6. The lowest BCUT2D eigenvalue weighted by Crippen LogP contribution is -2.30. The standard InChI is InChI=1S/C57H94O6/c1-4-7-10-13-16-19-22-24-26-27-28-29-31-33-36-38-41-44-47-50-56(59)62-53-54(63-57(60)51-48-45-42-39-34-21-18-15-12-9-6-3)52-61-55(58)49-46-43-40-37-35-32-30-25-23-20-17-14-11-8-5-2/h8,11,16-17,19-20,24-26,28-30,33,35-37,54H,4-7,9-10,12-15,18,21-23,27,31-32,34,38-53H2,1-3H3/b11-8-,19-16-,20-17-,26-24-,29-28-,30-25-,36-33-,37-35-/t54-/m1/s1. The second kappa shape index (κ2) is 51.0. The molecular formula is C57H94O6. The van der Waals surface area contributed by atoms with Crippen molar-refractivity contribution < 1.29 is 28.6 Å². The largest absolute Gasteiger partial charge is 0.462 e. The van der Waals surface area contributed by atoms with Crippen LogP contribution in [0.3, 0.4) is 0 Å². The predicted molar refractivity (Wildman–Crippen MR) is 270 cm³/mol. The van der Waals surface area contributed by atoms with Crippen molar-refractivity contribution in [1.82, 2.24) is 0 Å². The van der Waals surface area contributed by atoms with Gasteiger partial charge >= 0.3 is 17.9 Å². The molecule has 6 heteroatoms. The van der Waals surface area contributed by atoms with E-state index < -0.39 is 6.10 Å². The van der Waals surface area contributed by atoms with Crippen molar-refractivity contribution in [3.05, 3.63) is 97.2 Å². The molecular weight excluding hydrogens is 781 g/mol. The maximum atomic E-state index is 12.8. The van der Waals surface area contributed by atoms with Gasteiger partial charge in [-0.25, -0.2) is 0 Å². The smallest absolute Gasteiger partial charge is 0.306 e. The summed E-state index contributed by atoms with van der Waals surface area (Å²) in [5, 5.41) is 0. The molecule has 358 valence electrons. The van der Waals surface area contributed by atoms with E-state index >= 15 is 0 Å². The zero-order valence-corrected chi connectivity index (χ0v) is 40.8. The number of hydrogen-bond acceptors (Lipinski definition) is 6. The Hall–Kier alpha value is -3.67. The second-order valence-electron chi connectivity index (χ2n) is 16.7. The molecule has 0 aromatic carbocycles. The lowest BCUT2D eigenvalue weighted by Gasteiger charge is -2.18. The molecule has 0 aromatic rings. The van der Waals surface area contributed by atoms with E-state index in [0.717, 1.165) is 109 Å². The Labute approximate surface area is 387 Å². The first-order valence-corrected chi connectivity index (χ1v) is 25.7. The van der Waals surface area contributed by atoms with Gasteiger partial charge in [-0.3, -0.25) is 14.4 Å². The van der Waals surface area contributed by atoms with Crippen LogP contribution in [0.4, 0.5) is 0 Å². The van der Waals surface area contributed by atoms with E-state index in [0.29, 0.717) is 19.3 Å². The Morgan fingerprint density at radius 3 is 1.03 bits per heavy atom. The van der Waals surface area contributed by atoms with Gasteiger partial charge in [0.15, 0.2) is 6.10 Å². The summed E-state index contributed by atoms with van der Waals surface area (Å²) in [7, 11) is 0. The number of ether oxygens (including phenoxy) is 3. The molecule has 6 nitrogen and oxygen atoms in total. The average Bonchev–Trinajstić information content (AvgIpc) is 3.28. The lowest BCUT2D eigenvalue weighted by molar-refractivity contribution is -0.167. The monoisotopic (exact) mass is 875 g/mol. The van der Waals surface area contributed by atoms with E-state index in [4.69, 9.17) is 14.2 Å². The summed E-state index contributed by atoms with van der Waals surface area (Å²) in [5.41, 5.74) is 0. The quantitative estimate of drug-likeness (QED) is 0.0262. The van der Waals surface area contributed by atoms with E-state index in [-0.39, 0.29) is 31.1 Å². The molecule has 0 aromatic heterocycles. The van der Waals surface area contributed by atoms with Gasteiger partial charge in [-0.15, -0.1) is 0 Å². The lowest BCUT2D eigenvalue weighted by atomic mass is 10.1. The number of esters is 3. The molecule has 0 aliphatic heterocycles. The SMILES string of the molecule is CC/C=C\C/C=C\C/C=C\C/C=C\CCCCC(=O)OC[C@H](COC(=O)CCCCC/C=C\C/C=C\C/C=C\C/C=C\CCCCC)OC(=O)CCCCCCCCCCCCC. The van der Waals surface area contributed by atoms with Crippen molar-refractivity contribution in [2.24, 2.45) is 0 Å². The van der Waals surface area contributed by atoms with Gasteiger partial charge in [-0.2, -0.15) is 0 Å². The maximum absolute atomic E-state index is 12.8. The Morgan fingerprint density at radius 1 is 0.333 bits per heavy atom. The first kappa shape index (κ1) is 59.3. The van der Waals surface area contributed by atoms with Gasteiger partial charge in [-0.05, 0) is 103 Å². The highest BCUT2D eigenvalue weighted by Crippen LogP contribution is 2.14. The van der Waals surface area contributed by atoms with E-state index in [2.05, 4.69) is 118 Å². The summed E-state index contributed by atoms with van der Waals surface area (Å²) in [4.78, 5) is 37.9.